The van der Waals surface area contributed by atoms with Crippen molar-refractivity contribution in [3.05, 3.63) is 11.6 Å². The predicted octanol–water partition coefficient (Wildman–Crippen LogP) is 0.631. The van der Waals surface area contributed by atoms with Gasteiger partial charge in [0.2, 0.25) is 0 Å². The summed E-state index contributed by atoms with van der Waals surface area (Å²) in [4.78, 5) is 0. The molecular weight excluding hydrogens is 178 g/mol. The maximum absolute atomic E-state index is 5.75. The number of hydrogen-bond acceptors (Lipinski definition) is 5. The van der Waals surface area contributed by atoms with Crippen LogP contribution in [0.1, 0.15) is 12.5 Å². The van der Waals surface area contributed by atoms with Crippen LogP contribution < -0.4 is 28.7 Å². The van der Waals surface area contributed by atoms with Crippen molar-refractivity contribution in [2.75, 3.05) is 28.7 Å². The van der Waals surface area contributed by atoms with Crippen molar-refractivity contribution in [3.63, 3.8) is 0 Å². The molecule has 5 heteroatoms. The Morgan fingerprint density at radius 2 is 1.07 bits per heavy atom. The van der Waals surface area contributed by atoms with E-state index in [9.17, 15) is 0 Å². The smallest absolute Gasteiger partial charge is 0.0824 e. The lowest BCUT2D eigenvalue weighted by Gasteiger charge is -2.14. The molecular formula is C9H15N5. The summed E-state index contributed by atoms with van der Waals surface area (Å²) in [6, 6.07) is 0. The number of benzene rings is 1. The van der Waals surface area contributed by atoms with Crippen LogP contribution in [-0.4, -0.2) is 0 Å². The van der Waals surface area contributed by atoms with Crippen LogP contribution in [0.25, 0.3) is 6.08 Å². The first kappa shape index (κ1) is 10.0. The van der Waals surface area contributed by atoms with Gasteiger partial charge in [0.1, 0.15) is 0 Å². The monoisotopic (exact) mass is 193 g/mol. The van der Waals surface area contributed by atoms with Gasteiger partial charge in [-0.15, -0.1) is 0 Å². The molecule has 5 nitrogen and oxygen atoms in total. The van der Waals surface area contributed by atoms with E-state index in [1.165, 1.54) is 0 Å². The number of allylic oxidation sites excluding steroid dienone is 1. The molecule has 0 unspecified atom stereocenters. The van der Waals surface area contributed by atoms with Gasteiger partial charge in [-0.3, -0.25) is 0 Å². The lowest BCUT2D eigenvalue weighted by Crippen LogP contribution is -2.09. The molecule has 0 aromatic heterocycles. The second-order valence-electron chi connectivity index (χ2n) is 2.98. The minimum Gasteiger partial charge on any atom is -0.396 e. The fraction of sp³-hybridized carbons (Fsp3) is 0.111. The van der Waals surface area contributed by atoms with Crippen LogP contribution in [0.3, 0.4) is 0 Å². The maximum atomic E-state index is 5.75. The van der Waals surface area contributed by atoms with Crippen molar-refractivity contribution in [2.45, 2.75) is 6.92 Å². The van der Waals surface area contributed by atoms with Gasteiger partial charge in [0.25, 0.3) is 0 Å². The Labute approximate surface area is 82.5 Å². The Bertz CT molecular complexity index is 366. The average Bonchev–Trinajstić information content (AvgIpc) is 2.19. The van der Waals surface area contributed by atoms with Crippen molar-refractivity contribution in [1.29, 1.82) is 0 Å². The van der Waals surface area contributed by atoms with Gasteiger partial charge in [0, 0.05) is 5.56 Å². The van der Waals surface area contributed by atoms with E-state index >= 15 is 0 Å². The summed E-state index contributed by atoms with van der Waals surface area (Å²) in [6.45, 7) is 1.85. The third kappa shape index (κ3) is 1.28. The van der Waals surface area contributed by atoms with Crippen molar-refractivity contribution in [2.24, 2.45) is 0 Å². The molecule has 0 saturated carbocycles. The number of anilines is 5. The van der Waals surface area contributed by atoms with Crippen LogP contribution in [0.15, 0.2) is 6.08 Å². The first-order chi connectivity index (χ1) is 6.50. The Balaban J connectivity index is 3.59. The molecule has 1 aromatic carbocycles. The summed E-state index contributed by atoms with van der Waals surface area (Å²) < 4.78 is 0. The maximum Gasteiger partial charge on any atom is 0.0824 e. The standard InChI is InChI=1S/C9H15N5/c1-2-3-4-5(10)7(12)9(14)8(13)6(4)11/h2-3H,10-14H2,1H3/b3-2+. The second kappa shape index (κ2) is 3.37. The second-order valence-corrected chi connectivity index (χ2v) is 2.98. The van der Waals surface area contributed by atoms with Gasteiger partial charge >= 0.3 is 0 Å². The van der Waals surface area contributed by atoms with Gasteiger partial charge in [-0.05, 0) is 6.92 Å². The molecule has 0 aliphatic heterocycles. The van der Waals surface area contributed by atoms with E-state index in [2.05, 4.69) is 0 Å². The zero-order valence-corrected chi connectivity index (χ0v) is 8.04. The van der Waals surface area contributed by atoms with E-state index in [-0.39, 0.29) is 17.1 Å². The Kier molecular flexibility index (Phi) is 2.42. The van der Waals surface area contributed by atoms with Crippen LogP contribution in [0.2, 0.25) is 0 Å². The van der Waals surface area contributed by atoms with Gasteiger partial charge in [-0.2, -0.15) is 0 Å². The molecule has 0 bridgehead atoms. The first-order valence-electron chi connectivity index (χ1n) is 4.14. The van der Waals surface area contributed by atoms with E-state index in [0.717, 1.165) is 0 Å². The Morgan fingerprint density at radius 3 is 1.43 bits per heavy atom. The molecule has 10 N–H and O–H groups in total. The summed E-state index contributed by atoms with van der Waals surface area (Å²) in [5.41, 5.74) is 30.6. The summed E-state index contributed by atoms with van der Waals surface area (Å²) in [6.07, 6.45) is 3.55. The fourth-order valence-electron chi connectivity index (χ4n) is 1.22. The first-order valence-corrected chi connectivity index (χ1v) is 4.14. The minimum absolute atomic E-state index is 0.244. The molecule has 1 aromatic rings. The zero-order valence-electron chi connectivity index (χ0n) is 8.04. The largest absolute Gasteiger partial charge is 0.396 e. The molecule has 0 fully saturated rings. The quantitative estimate of drug-likeness (QED) is 0.417. The van der Waals surface area contributed by atoms with E-state index in [1.54, 1.807) is 12.2 Å². The van der Waals surface area contributed by atoms with Crippen LogP contribution in [0.5, 0.6) is 0 Å². The highest BCUT2D eigenvalue weighted by molar-refractivity contribution is 6.00. The van der Waals surface area contributed by atoms with Gasteiger partial charge in [0.05, 0.1) is 28.4 Å². The van der Waals surface area contributed by atoms with E-state index in [1.807, 2.05) is 6.92 Å². The number of hydrogen-bond donors (Lipinski definition) is 5. The molecule has 0 heterocycles. The van der Waals surface area contributed by atoms with Gasteiger partial charge in [0.15, 0.2) is 0 Å². The van der Waals surface area contributed by atoms with Gasteiger partial charge in [-0.1, -0.05) is 12.2 Å². The normalized spacial score (nSPS) is 10.9. The van der Waals surface area contributed by atoms with E-state index < -0.39 is 0 Å². The van der Waals surface area contributed by atoms with E-state index in [4.69, 9.17) is 28.7 Å². The van der Waals surface area contributed by atoms with Crippen molar-refractivity contribution in [3.8, 4) is 0 Å². The van der Waals surface area contributed by atoms with Gasteiger partial charge < -0.3 is 28.7 Å². The molecule has 0 aliphatic rings. The summed E-state index contributed by atoms with van der Waals surface area (Å²) >= 11 is 0. The number of rotatable bonds is 1. The van der Waals surface area contributed by atoms with Gasteiger partial charge in [-0.25, -0.2) is 0 Å². The van der Waals surface area contributed by atoms with Crippen LogP contribution in [0, 0.1) is 0 Å². The molecule has 1 rings (SSSR count). The van der Waals surface area contributed by atoms with E-state index in [0.29, 0.717) is 16.9 Å². The van der Waals surface area contributed by atoms with Crippen molar-refractivity contribution < 1.29 is 0 Å². The molecule has 14 heavy (non-hydrogen) atoms. The molecule has 0 spiro atoms. The highest BCUT2D eigenvalue weighted by atomic mass is 14.8. The molecule has 0 saturated heterocycles. The average molecular weight is 193 g/mol. The molecule has 0 aliphatic carbocycles. The molecule has 0 radical (unpaired) electrons. The van der Waals surface area contributed by atoms with Crippen molar-refractivity contribution >= 4 is 34.5 Å². The van der Waals surface area contributed by atoms with Crippen LogP contribution in [0.4, 0.5) is 28.4 Å². The lowest BCUT2D eigenvalue weighted by atomic mass is 10.1. The third-order valence-electron chi connectivity index (χ3n) is 2.07. The number of nitrogen functional groups attached to an aromatic ring is 5. The molecule has 0 atom stereocenters. The summed E-state index contributed by atoms with van der Waals surface area (Å²) in [5.74, 6) is 0. The van der Waals surface area contributed by atoms with Crippen LogP contribution >= 0.6 is 0 Å². The highest BCUT2D eigenvalue weighted by Gasteiger charge is 2.13. The van der Waals surface area contributed by atoms with Crippen molar-refractivity contribution in [1.82, 2.24) is 0 Å². The third-order valence-corrected chi connectivity index (χ3v) is 2.07. The summed E-state index contributed by atoms with van der Waals surface area (Å²) in [5, 5.41) is 0. The fourth-order valence-corrected chi connectivity index (χ4v) is 1.22. The predicted molar refractivity (Wildman–Crippen MR) is 63.2 cm³/mol. The Morgan fingerprint density at radius 1 is 0.714 bits per heavy atom. The SMILES string of the molecule is C/C=C/c1c(N)c(N)c(N)c(N)c1N. The lowest BCUT2D eigenvalue weighted by molar-refractivity contribution is 1.59. The highest BCUT2D eigenvalue weighted by Crippen LogP contribution is 2.38. The summed E-state index contributed by atoms with van der Waals surface area (Å²) in [7, 11) is 0. The molecule has 76 valence electrons. The molecule has 0 amide bonds. The Hall–Kier alpha value is -2.04. The zero-order chi connectivity index (χ0) is 10.9. The number of nitrogens with two attached hydrogens (primary N) is 5. The van der Waals surface area contributed by atoms with Crippen LogP contribution in [-0.2, 0) is 0 Å². The minimum atomic E-state index is 0.244. The topological polar surface area (TPSA) is 130 Å².